The third kappa shape index (κ3) is 1.80. The van der Waals surface area contributed by atoms with Gasteiger partial charge in [-0.05, 0) is 6.07 Å². The van der Waals surface area contributed by atoms with E-state index in [1.165, 1.54) is 17.7 Å². The lowest BCUT2D eigenvalue weighted by atomic mass is 10.1. The third-order valence-electron chi connectivity index (χ3n) is 2.49. The number of halogens is 2. The second-order valence-electron chi connectivity index (χ2n) is 3.47. The number of thiophene rings is 1. The summed E-state index contributed by atoms with van der Waals surface area (Å²) in [5.41, 5.74) is 1.94. The summed E-state index contributed by atoms with van der Waals surface area (Å²) in [5.74, 6) is 0. The predicted octanol–water partition coefficient (Wildman–Crippen LogP) is 4.67. The quantitative estimate of drug-likeness (QED) is 0.606. The molecule has 0 saturated heterocycles. The molecule has 0 amide bonds. The van der Waals surface area contributed by atoms with Crippen LogP contribution in [0.25, 0.3) is 21.3 Å². The molecule has 84 valence electrons. The summed E-state index contributed by atoms with van der Waals surface area (Å²) in [4.78, 5) is 9.09. The van der Waals surface area contributed by atoms with Crippen LogP contribution in [0.5, 0.6) is 0 Å². The first-order valence-electron chi connectivity index (χ1n) is 4.90. The van der Waals surface area contributed by atoms with Crippen LogP contribution >= 0.6 is 34.5 Å². The summed E-state index contributed by atoms with van der Waals surface area (Å²) in [6.45, 7) is 0. The van der Waals surface area contributed by atoms with Crippen LogP contribution in [0.1, 0.15) is 0 Å². The number of fused-ring (bicyclic) bond motifs is 1. The number of aromatic nitrogens is 2. The highest BCUT2D eigenvalue weighted by Crippen LogP contribution is 2.38. The number of benzene rings is 1. The van der Waals surface area contributed by atoms with E-state index in [1.807, 2.05) is 29.6 Å². The Morgan fingerprint density at radius 2 is 1.82 bits per heavy atom. The molecule has 0 aliphatic rings. The number of nitrogens with zero attached hydrogens (tertiary/aromatic N) is 2. The summed E-state index contributed by atoms with van der Waals surface area (Å²) in [6, 6.07) is 7.67. The maximum Gasteiger partial charge on any atom is 0.141 e. The molecular weight excluding hydrogens is 275 g/mol. The van der Waals surface area contributed by atoms with E-state index in [4.69, 9.17) is 23.2 Å². The lowest BCUT2D eigenvalue weighted by molar-refractivity contribution is 1.23. The molecule has 3 rings (SSSR count). The first-order valence-corrected chi connectivity index (χ1v) is 6.53. The first kappa shape index (κ1) is 11.0. The number of hydrogen-bond acceptors (Lipinski definition) is 3. The van der Waals surface area contributed by atoms with Gasteiger partial charge in [0, 0.05) is 21.5 Å². The summed E-state index contributed by atoms with van der Waals surface area (Å²) >= 11 is 13.8. The third-order valence-corrected chi connectivity index (χ3v) is 3.99. The Morgan fingerprint density at radius 3 is 2.65 bits per heavy atom. The largest absolute Gasteiger partial charge is 0.225 e. The van der Waals surface area contributed by atoms with Crippen molar-refractivity contribution < 1.29 is 0 Å². The molecule has 0 aliphatic heterocycles. The normalized spacial score (nSPS) is 10.9. The molecule has 0 radical (unpaired) electrons. The first-order chi connectivity index (χ1) is 8.27. The second-order valence-corrected chi connectivity index (χ2v) is 5.10. The molecular formula is C12H6Cl2N2S. The fraction of sp³-hybridized carbons (Fsp3) is 0. The number of rotatable bonds is 1. The van der Waals surface area contributed by atoms with Crippen LogP contribution in [0.15, 0.2) is 36.0 Å². The van der Waals surface area contributed by atoms with Gasteiger partial charge in [0.1, 0.15) is 16.3 Å². The zero-order chi connectivity index (χ0) is 11.8. The molecule has 0 saturated carbocycles. The molecule has 2 aromatic heterocycles. The standard InChI is InChI=1S/C12H6Cl2N2S/c13-9-4-2-1-3-7(9)8-5-17-12-10(8)11(14)15-6-16-12/h1-6H. The van der Waals surface area contributed by atoms with Crippen LogP contribution in [0.4, 0.5) is 0 Å². The Hall–Kier alpha value is -1.16. The molecule has 0 fully saturated rings. The van der Waals surface area contributed by atoms with Gasteiger partial charge < -0.3 is 0 Å². The van der Waals surface area contributed by atoms with Gasteiger partial charge >= 0.3 is 0 Å². The summed E-state index contributed by atoms with van der Waals surface area (Å²) in [7, 11) is 0. The Bertz CT molecular complexity index is 694. The minimum absolute atomic E-state index is 0.464. The van der Waals surface area contributed by atoms with Gasteiger partial charge in [-0.1, -0.05) is 41.4 Å². The van der Waals surface area contributed by atoms with Crippen molar-refractivity contribution in [2.45, 2.75) is 0 Å². The highest BCUT2D eigenvalue weighted by atomic mass is 35.5. The Morgan fingerprint density at radius 1 is 1.00 bits per heavy atom. The van der Waals surface area contributed by atoms with Gasteiger partial charge in [-0.3, -0.25) is 0 Å². The molecule has 0 aliphatic carbocycles. The van der Waals surface area contributed by atoms with Crippen LogP contribution in [-0.4, -0.2) is 9.97 Å². The Labute approximate surface area is 112 Å². The smallest absolute Gasteiger partial charge is 0.141 e. The van der Waals surface area contributed by atoms with Gasteiger partial charge in [-0.25, -0.2) is 9.97 Å². The molecule has 0 spiro atoms. The van der Waals surface area contributed by atoms with Crippen molar-refractivity contribution >= 4 is 44.8 Å². The van der Waals surface area contributed by atoms with Crippen molar-refractivity contribution in [1.29, 1.82) is 0 Å². The van der Waals surface area contributed by atoms with E-state index in [9.17, 15) is 0 Å². The highest BCUT2D eigenvalue weighted by Gasteiger charge is 2.13. The summed E-state index contributed by atoms with van der Waals surface area (Å²) in [5, 5.41) is 4.04. The van der Waals surface area contributed by atoms with Crippen molar-refractivity contribution in [3.63, 3.8) is 0 Å². The zero-order valence-electron chi connectivity index (χ0n) is 8.52. The van der Waals surface area contributed by atoms with Crippen LogP contribution in [-0.2, 0) is 0 Å². The van der Waals surface area contributed by atoms with Crippen molar-refractivity contribution in [1.82, 2.24) is 9.97 Å². The lowest BCUT2D eigenvalue weighted by Gasteiger charge is -2.02. The lowest BCUT2D eigenvalue weighted by Crippen LogP contribution is -1.82. The van der Waals surface area contributed by atoms with E-state index in [2.05, 4.69) is 9.97 Å². The second kappa shape index (κ2) is 4.26. The van der Waals surface area contributed by atoms with Crippen molar-refractivity contribution in [2.24, 2.45) is 0 Å². The van der Waals surface area contributed by atoms with E-state index in [-0.39, 0.29) is 0 Å². The maximum absolute atomic E-state index is 6.19. The zero-order valence-corrected chi connectivity index (χ0v) is 10.9. The fourth-order valence-corrected chi connectivity index (χ4v) is 3.15. The van der Waals surface area contributed by atoms with Crippen LogP contribution in [0.3, 0.4) is 0 Å². The molecule has 0 unspecified atom stereocenters. The van der Waals surface area contributed by atoms with Gasteiger partial charge in [0.15, 0.2) is 0 Å². The molecule has 0 atom stereocenters. The van der Waals surface area contributed by atoms with Gasteiger partial charge in [0.2, 0.25) is 0 Å². The molecule has 2 heterocycles. The van der Waals surface area contributed by atoms with E-state index in [1.54, 1.807) is 0 Å². The Balaban J connectivity index is 2.36. The monoisotopic (exact) mass is 280 g/mol. The fourth-order valence-electron chi connectivity index (χ4n) is 1.72. The molecule has 0 N–H and O–H groups in total. The molecule has 1 aromatic carbocycles. The molecule has 17 heavy (non-hydrogen) atoms. The van der Waals surface area contributed by atoms with E-state index >= 15 is 0 Å². The van der Waals surface area contributed by atoms with Crippen molar-refractivity contribution in [3.8, 4) is 11.1 Å². The van der Waals surface area contributed by atoms with Gasteiger partial charge in [-0.15, -0.1) is 11.3 Å². The van der Waals surface area contributed by atoms with E-state index in [0.717, 1.165) is 21.3 Å². The Kier molecular flexibility index (Phi) is 2.74. The van der Waals surface area contributed by atoms with Gasteiger partial charge in [-0.2, -0.15) is 0 Å². The van der Waals surface area contributed by atoms with Gasteiger partial charge in [0.25, 0.3) is 0 Å². The SMILES string of the molecule is Clc1ccccc1-c1csc2ncnc(Cl)c12. The number of hydrogen-bond donors (Lipinski definition) is 0. The molecule has 3 aromatic rings. The molecule has 2 nitrogen and oxygen atoms in total. The average Bonchev–Trinajstić information content (AvgIpc) is 2.75. The van der Waals surface area contributed by atoms with Crippen molar-refractivity contribution in [3.05, 3.63) is 46.1 Å². The average molecular weight is 281 g/mol. The maximum atomic E-state index is 6.19. The minimum Gasteiger partial charge on any atom is -0.225 e. The highest BCUT2D eigenvalue weighted by molar-refractivity contribution is 7.17. The van der Waals surface area contributed by atoms with Crippen LogP contribution in [0, 0.1) is 0 Å². The van der Waals surface area contributed by atoms with Crippen LogP contribution in [0.2, 0.25) is 10.2 Å². The summed E-state index contributed by atoms with van der Waals surface area (Å²) < 4.78 is 0. The molecule has 0 bridgehead atoms. The van der Waals surface area contributed by atoms with Gasteiger partial charge in [0.05, 0.1) is 5.39 Å². The molecule has 5 heteroatoms. The summed E-state index contributed by atoms with van der Waals surface area (Å²) in [6.07, 6.45) is 1.47. The van der Waals surface area contributed by atoms with Crippen LogP contribution < -0.4 is 0 Å². The topological polar surface area (TPSA) is 25.8 Å². The van der Waals surface area contributed by atoms with E-state index < -0.39 is 0 Å². The van der Waals surface area contributed by atoms with E-state index in [0.29, 0.717) is 10.2 Å². The minimum atomic E-state index is 0.464. The van der Waals surface area contributed by atoms with Crippen molar-refractivity contribution in [2.75, 3.05) is 0 Å². The predicted molar refractivity (Wildman–Crippen MR) is 72.9 cm³/mol.